The van der Waals surface area contributed by atoms with Gasteiger partial charge in [-0.1, -0.05) is 12.1 Å². The van der Waals surface area contributed by atoms with Crippen LogP contribution in [0.15, 0.2) is 24.3 Å². The molecule has 1 heterocycles. The lowest BCUT2D eigenvalue weighted by Crippen LogP contribution is -3.19. The Kier molecular flexibility index (Phi) is 5.32. The number of nitrogens with one attached hydrogen (secondary N) is 2. The minimum Gasteiger partial charge on any atom is -0.364 e. The van der Waals surface area contributed by atoms with Crippen LogP contribution in [0.3, 0.4) is 0 Å². The van der Waals surface area contributed by atoms with Crippen molar-refractivity contribution in [2.75, 3.05) is 18.4 Å². The summed E-state index contributed by atoms with van der Waals surface area (Å²) in [4.78, 5) is 25.1. The molecule has 0 unspecified atom stereocenters. The Labute approximate surface area is 131 Å². The van der Waals surface area contributed by atoms with Crippen LogP contribution in [0, 0.1) is 0 Å². The highest BCUT2D eigenvalue weighted by atomic mass is 16.5. The summed E-state index contributed by atoms with van der Waals surface area (Å²) in [6.07, 6.45) is 0.324. The van der Waals surface area contributed by atoms with E-state index in [0.29, 0.717) is 11.3 Å². The summed E-state index contributed by atoms with van der Waals surface area (Å²) in [5, 5.41) is 2.91. The topological polar surface area (TPSA) is 59.8 Å². The number of carbonyl (C=O) groups is 2. The number of anilines is 1. The molecule has 5 nitrogen and oxygen atoms in total. The summed E-state index contributed by atoms with van der Waals surface area (Å²) >= 11 is 0. The Morgan fingerprint density at radius 2 is 1.91 bits per heavy atom. The molecule has 120 valence electrons. The van der Waals surface area contributed by atoms with Crippen LogP contribution in [-0.4, -0.2) is 43.0 Å². The summed E-state index contributed by atoms with van der Waals surface area (Å²) in [5.74, 6) is -0.0393. The molecule has 3 atom stereocenters. The summed E-state index contributed by atoms with van der Waals surface area (Å²) < 4.78 is 5.72. The van der Waals surface area contributed by atoms with Crippen molar-refractivity contribution in [1.82, 2.24) is 0 Å². The summed E-state index contributed by atoms with van der Waals surface area (Å²) in [5.41, 5.74) is 1.27. The van der Waals surface area contributed by atoms with E-state index in [4.69, 9.17) is 4.74 Å². The van der Waals surface area contributed by atoms with Gasteiger partial charge in [0.05, 0.1) is 0 Å². The lowest BCUT2D eigenvalue weighted by Gasteiger charge is -2.35. The van der Waals surface area contributed by atoms with Crippen molar-refractivity contribution in [3.8, 4) is 0 Å². The Morgan fingerprint density at radius 1 is 1.27 bits per heavy atom. The zero-order chi connectivity index (χ0) is 16.3. The molecule has 0 radical (unpaired) electrons. The van der Waals surface area contributed by atoms with Crippen molar-refractivity contribution in [3.63, 3.8) is 0 Å². The highest BCUT2D eigenvalue weighted by Crippen LogP contribution is 2.11. The van der Waals surface area contributed by atoms with Crippen molar-refractivity contribution in [2.24, 2.45) is 0 Å². The Balaban J connectivity index is 2.02. The van der Waals surface area contributed by atoms with Crippen LogP contribution in [0.2, 0.25) is 0 Å². The second kappa shape index (κ2) is 7.03. The minimum absolute atomic E-state index is 0.00870. The molecule has 0 aliphatic carbocycles. The quantitative estimate of drug-likeness (QED) is 0.813. The zero-order valence-electron chi connectivity index (χ0n) is 13.7. The van der Waals surface area contributed by atoms with E-state index < -0.39 is 0 Å². The van der Waals surface area contributed by atoms with Gasteiger partial charge in [-0.2, -0.15) is 0 Å². The average Bonchev–Trinajstić information content (AvgIpc) is 2.45. The van der Waals surface area contributed by atoms with Crippen LogP contribution in [0.4, 0.5) is 5.69 Å². The van der Waals surface area contributed by atoms with Gasteiger partial charge in [-0.3, -0.25) is 9.59 Å². The first kappa shape index (κ1) is 16.6. The number of amides is 1. The number of rotatable bonds is 4. The van der Waals surface area contributed by atoms with E-state index in [1.807, 2.05) is 20.8 Å². The maximum absolute atomic E-state index is 12.4. The first-order chi connectivity index (χ1) is 10.4. The van der Waals surface area contributed by atoms with Gasteiger partial charge < -0.3 is 15.0 Å². The molecule has 1 amide bonds. The number of hydrogen-bond donors (Lipinski definition) is 2. The van der Waals surface area contributed by atoms with Gasteiger partial charge in [0.15, 0.2) is 11.8 Å². The number of benzene rings is 1. The largest absolute Gasteiger partial charge is 0.364 e. The summed E-state index contributed by atoms with van der Waals surface area (Å²) in [6, 6.07) is 6.89. The molecule has 0 bridgehead atoms. The van der Waals surface area contributed by atoms with E-state index in [1.54, 1.807) is 24.3 Å². The van der Waals surface area contributed by atoms with E-state index in [-0.39, 0.29) is 29.9 Å². The average molecular weight is 305 g/mol. The maximum Gasteiger partial charge on any atom is 0.282 e. The van der Waals surface area contributed by atoms with Crippen LogP contribution >= 0.6 is 0 Å². The van der Waals surface area contributed by atoms with Crippen LogP contribution < -0.4 is 10.2 Å². The van der Waals surface area contributed by atoms with Crippen molar-refractivity contribution < 1.29 is 19.2 Å². The van der Waals surface area contributed by atoms with Gasteiger partial charge in [-0.15, -0.1) is 0 Å². The molecule has 1 fully saturated rings. The zero-order valence-corrected chi connectivity index (χ0v) is 13.7. The van der Waals surface area contributed by atoms with Crippen molar-refractivity contribution in [3.05, 3.63) is 29.8 Å². The van der Waals surface area contributed by atoms with Crippen molar-refractivity contribution >= 4 is 17.4 Å². The second-order valence-corrected chi connectivity index (χ2v) is 6.17. The predicted octanol–water partition coefficient (Wildman–Crippen LogP) is 0.908. The van der Waals surface area contributed by atoms with Gasteiger partial charge in [0.25, 0.3) is 5.91 Å². The van der Waals surface area contributed by atoms with E-state index in [9.17, 15) is 9.59 Å². The van der Waals surface area contributed by atoms with Gasteiger partial charge in [0.1, 0.15) is 25.3 Å². The monoisotopic (exact) mass is 305 g/mol. The molecule has 0 spiro atoms. The first-order valence-electron chi connectivity index (χ1n) is 7.78. The van der Waals surface area contributed by atoms with Crippen LogP contribution in [0.5, 0.6) is 0 Å². The Hall–Kier alpha value is -1.72. The predicted molar refractivity (Wildman–Crippen MR) is 85.2 cm³/mol. The third-order valence-electron chi connectivity index (χ3n) is 4.11. The Bertz CT molecular complexity index is 549. The lowest BCUT2D eigenvalue weighted by molar-refractivity contribution is -0.928. The van der Waals surface area contributed by atoms with Crippen LogP contribution in [0.1, 0.15) is 38.1 Å². The minimum atomic E-state index is -0.158. The van der Waals surface area contributed by atoms with E-state index in [2.05, 4.69) is 5.32 Å². The summed E-state index contributed by atoms with van der Waals surface area (Å²) in [7, 11) is 0. The molecule has 1 aromatic rings. The normalized spacial score (nSPS) is 26.3. The molecule has 1 saturated heterocycles. The van der Waals surface area contributed by atoms with Crippen molar-refractivity contribution in [2.45, 2.75) is 45.9 Å². The van der Waals surface area contributed by atoms with Gasteiger partial charge in [0, 0.05) is 11.3 Å². The maximum atomic E-state index is 12.4. The number of ketones is 1. The van der Waals surface area contributed by atoms with Gasteiger partial charge in [-0.05, 0) is 39.8 Å². The molecule has 2 N–H and O–H groups in total. The molecule has 22 heavy (non-hydrogen) atoms. The summed E-state index contributed by atoms with van der Waals surface area (Å²) in [6.45, 7) is 9.18. The fourth-order valence-corrected chi connectivity index (χ4v) is 2.92. The smallest absolute Gasteiger partial charge is 0.282 e. The van der Waals surface area contributed by atoms with Gasteiger partial charge in [-0.25, -0.2) is 0 Å². The number of ether oxygens (including phenoxy) is 1. The highest BCUT2D eigenvalue weighted by molar-refractivity contribution is 5.97. The molecule has 2 rings (SSSR count). The van der Waals surface area contributed by atoms with E-state index >= 15 is 0 Å². The van der Waals surface area contributed by atoms with Crippen LogP contribution in [0.25, 0.3) is 0 Å². The third kappa shape index (κ3) is 4.15. The fourth-order valence-electron chi connectivity index (χ4n) is 2.92. The molecule has 1 aromatic carbocycles. The number of Topliss-reactive ketones (excluding diaryl/α,β-unsaturated/α-hetero) is 1. The number of quaternary nitrogens is 1. The molecule has 1 aliphatic heterocycles. The first-order valence-corrected chi connectivity index (χ1v) is 7.78. The van der Waals surface area contributed by atoms with Crippen LogP contribution in [-0.2, 0) is 9.53 Å². The Morgan fingerprint density at radius 3 is 2.50 bits per heavy atom. The third-order valence-corrected chi connectivity index (χ3v) is 4.11. The highest BCUT2D eigenvalue weighted by Gasteiger charge is 2.32. The lowest BCUT2D eigenvalue weighted by atomic mass is 10.1. The molecule has 0 aromatic heterocycles. The van der Waals surface area contributed by atoms with Gasteiger partial charge in [0.2, 0.25) is 0 Å². The molecular weight excluding hydrogens is 280 g/mol. The second-order valence-electron chi connectivity index (χ2n) is 6.17. The fraction of sp³-hybridized carbons (Fsp3) is 0.529. The van der Waals surface area contributed by atoms with E-state index in [1.165, 1.54) is 11.8 Å². The molecule has 1 aliphatic rings. The standard InChI is InChI=1S/C17H24N2O3/c1-11-9-19(10-12(2)22-11)13(3)17(21)18-16-7-5-6-15(8-16)14(4)20/h5-8,11-13H,9-10H2,1-4H3,(H,18,21)/p+1/t11-,12-,13+/m1/s1. The molecular formula is C17H25N2O3+. The van der Waals surface area contributed by atoms with Crippen molar-refractivity contribution in [1.29, 1.82) is 0 Å². The number of morpholine rings is 1. The molecule has 0 saturated carbocycles. The van der Waals surface area contributed by atoms with Gasteiger partial charge >= 0.3 is 0 Å². The SMILES string of the molecule is CC(=O)c1cccc(NC(=O)[C@H](C)[NH+]2C[C@@H](C)O[C@H](C)C2)c1. The number of hydrogen-bond acceptors (Lipinski definition) is 3. The number of carbonyl (C=O) groups excluding carboxylic acids is 2. The van der Waals surface area contributed by atoms with E-state index in [0.717, 1.165) is 13.1 Å². The molecule has 5 heteroatoms.